The first-order valence-corrected chi connectivity index (χ1v) is 12.7. The standard InChI is InChI=1S/C31H34N2O4/c1-24-3-9-27(10-4-24)28-11-5-26(6-12-28)19-35-20-30-21-36-31(37-30,22-33-18-17-32-23-33)16-15-25-7-13-29(34-2)14-8-25/h3-14,17-18,23,30H,15-16,19-22H2,1-2H3. The van der Waals surface area contributed by atoms with Crippen molar-refractivity contribution in [3.05, 3.63) is 108 Å². The van der Waals surface area contributed by atoms with Crippen molar-refractivity contribution < 1.29 is 18.9 Å². The third-order valence-electron chi connectivity index (χ3n) is 6.76. The van der Waals surface area contributed by atoms with E-state index in [0.717, 1.165) is 24.2 Å². The number of aryl methyl sites for hydroxylation is 2. The van der Waals surface area contributed by atoms with Gasteiger partial charge in [-0.25, -0.2) is 4.98 Å². The maximum atomic E-state index is 6.49. The molecule has 1 aliphatic rings. The monoisotopic (exact) mass is 498 g/mol. The van der Waals surface area contributed by atoms with Crippen LogP contribution in [0, 0.1) is 6.92 Å². The molecular weight excluding hydrogens is 464 g/mol. The number of imidazole rings is 1. The lowest BCUT2D eigenvalue weighted by molar-refractivity contribution is -0.187. The molecule has 0 saturated carbocycles. The molecule has 0 N–H and O–H groups in total. The maximum Gasteiger partial charge on any atom is 0.187 e. The second-order valence-electron chi connectivity index (χ2n) is 9.62. The average molecular weight is 499 g/mol. The molecule has 0 spiro atoms. The molecule has 192 valence electrons. The molecule has 4 aromatic rings. The SMILES string of the molecule is COc1ccc(CCC2(Cn3ccnc3)OCC(COCc3ccc(-c4ccc(C)cc4)cc3)O2)cc1. The highest BCUT2D eigenvalue weighted by molar-refractivity contribution is 5.63. The summed E-state index contributed by atoms with van der Waals surface area (Å²) < 4.78 is 26.1. The van der Waals surface area contributed by atoms with Crippen LogP contribution in [-0.2, 0) is 33.8 Å². The molecule has 5 rings (SSSR count). The Hall–Kier alpha value is -3.45. The van der Waals surface area contributed by atoms with E-state index in [0.29, 0.717) is 26.4 Å². The highest BCUT2D eigenvalue weighted by Crippen LogP contribution is 2.31. The number of rotatable bonds is 11. The van der Waals surface area contributed by atoms with Crippen LogP contribution in [0.5, 0.6) is 5.75 Å². The van der Waals surface area contributed by atoms with Gasteiger partial charge in [0.15, 0.2) is 5.79 Å². The summed E-state index contributed by atoms with van der Waals surface area (Å²) in [5, 5.41) is 0. The van der Waals surface area contributed by atoms with E-state index in [9.17, 15) is 0 Å². The van der Waals surface area contributed by atoms with Crippen molar-refractivity contribution in [1.29, 1.82) is 0 Å². The quantitative estimate of drug-likeness (QED) is 0.261. The van der Waals surface area contributed by atoms with Crippen molar-refractivity contribution in [3.8, 4) is 16.9 Å². The Morgan fingerprint density at radius 1 is 0.946 bits per heavy atom. The Bertz CT molecular complexity index is 1240. The molecule has 0 amide bonds. The van der Waals surface area contributed by atoms with Gasteiger partial charge in [0.1, 0.15) is 11.9 Å². The van der Waals surface area contributed by atoms with Gasteiger partial charge in [-0.15, -0.1) is 0 Å². The minimum absolute atomic E-state index is 0.119. The second kappa shape index (κ2) is 11.7. The molecule has 6 heteroatoms. The van der Waals surface area contributed by atoms with Crippen molar-refractivity contribution >= 4 is 0 Å². The molecule has 0 bridgehead atoms. The molecule has 2 heterocycles. The van der Waals surface area contributed by atoms with Gasteiger partial charge < -0.3 is 23.5 Å². The first-order valence-electron chi connectivity index (χ1n) is 12.7. The van der Waals surface area contributed by atoms with Crippen LogP contribution in [-0.4, -0.2) is 41.8 Å². The summed E-state index contributed by atoms with van der Waals surface area (Å²) in [5.41, 5.74) is 6.04. The molecule has 6 nitrogen and oxygen atoms in total. The van der Waals surface area contributed by atoms with Gasteiger partial charge in [0, 0.05) is 18.8 Å². The van der Waals surface area contributed by atoms with E-state index in [1.807, 2.05) is 22.9 Å². The van der Waals surface area contributed by atoms with Gasteiger partial charge in [-0.3, -0.25) is 0 Å². The van der Waals surface area contributed by atoms with Gasteiger partial charge in [-0.2, -0.15) is 0 Å². The van der Waals surface area contributed by atoms with E-state index in [2.05, 4.69) is 72.6 Å². The molecule has 3 aromatic carbocycles. The lowest BCUT2D eigenvalue weighted by Gasteiger charge is -2.28. The zero-order valence-corrected chi connectivity index (χ0v) is 21.5. The fourth-order valence-corrected chi connectivity index (χ4v) is 4.62. The van der Waals surface area contributed by atoms with E-state index in [1.54, 1.807) is 19.6 Å². The minimum Gasteiger partial charge on any atom is -0.497 e. The molecule has 0 aliphatic carbocycles. The molecular formula is C31H34N2O4. The predicted molar refractivity (Wildman–Crippen MR) is 143 cm³/mol. The van der Waals surface area contributed by atoms with Gasteiger partial charge in [-0.1, -0.05) is 66.2 Å². The summed E-state index contributed by atoms with van der Waals surface area (Å²) in [4.78, 5) is 4.18. The van der Waals surface area contributed by atoms with E-state index in [4.69, 9.17) is 18.9 Å². The van der Waals surface area contributed by atoms with Crippen molar-refractivity contribution in [2.45, 2.75) is 44.8 Å². The highest BCUT2D eigenvalue weighted by atomic mass is 16.8. The van der Waals surface area contributed by atoms with Gasteiger partial charge >= 0.3 is 0 Å². The summed E-state index contributed by atoms with van der Waals surface area (Å²) in [6, 6.07) is 25.3. The van der Waals surface area contributed by atoms with Crippen LogP contribution in [0.2, 0.25) is 0 Å². The van der Waals surface area contributed by atoms with Crippen molar-refractivity contribution in [1.82, 2.24) is 9.55 Å². The van der Waals surface area contributed by atoms with Crippen molar-refractivity contribution in [3.63, 3.8) is 0 Å². The molecule has 1 aliphatic heterocycles. The van der Waals surface area contributed by atoms with E-state index < -0.39 is 5.79 Å². The van der Waals surface area contributed by atoms with Crippen molar-refractivity contribution in [2.75, 3.05) is 20.3 Å². The first kappa shape index (κ1) is 25.2. The number of methoxy groups -OCH3 is 1. The lowest BCUT2D eigenvalue weighted by atomic mass is 10.0. The fourth-order valence-electron chi connectivity index (χ4n) is 4.62. The zero-order chi connectivity index (χ0) is 25.5. The molecule has 37 heavy (non-hydrogen) atoms. The number of aromatic nitrogens is 2. The summed E-state index contributed by atoms with van der Waals surface area (Å²) in [6.07, 6.45) is 6.95. The second-order valence-corrected chi connectivity index (χ2v) is 9.62. The topological polar surface area (TPSA) is 54.7 Å². The molecule has 2 atom stereocenters. The van der Waals surface area contributed by atoms with Crippen LogP contribution in [0.1, 0.15) is 23.1 Å². The van der Waals surface area contributed by atoms with E-state index in [1.165, 1.54) is 22.3 Å². The van der Waals surface area contributed by atoms with Crippen LogP contribution in [0.25, 0.3) is 11.1 Å². The molecule has 2 unspecified atom stereocenters. The largest absolute Gasteiger partial charge is 0.497 e. The van der Waals surface area contributed by atoms with E-state index >= 15 is 0 Å². The Morgan fingerprint density at radius 3 is 2.32 bits per heavy atom. The summed E-state index contributed by atoms with van der Waals surface area (Å²) in [7, 11) is 1.68. The zero-order valence-electron chi connectivity index (χ0n) is 21.5. The average Bonchev–Trinajstić information content (AvgIpc) is 3.59. The van der Waals surface area contributed by atoms with Crippen LogP contribution in [0.4, 0.5) is 0 Å². The van der Waals surface area contributed by atoms with Crippen molar-refractivity contribution in [2.24, 2.45) is 0 Å². The third kappa shape index (κ3) is 6.66. The molecule has 0 radical (unpaired) electrons. The lowest BCUT2D eigenvalue weighted by Crippen LogP contribution is -2.37. The molecule has 1 aromatic heterocycles. The number of ether oxygens (including phenoxy) is 4. The normalized spacial score (nSPS) is 19.2. The molecule has 1 saturated heterocycles. The highest BCUT2D eigenvalue weighted by Gasteiger charge is 2.41. The third-order valence-corrected chi connectivity index (χ3v) is 6.76. The number of benzene rings is 3. The van der Waals surface area contributed by atoms with Crippen LogP contribution < -0.4 is 4.74 Å². The number of hydrogen-bond donors (Lipinski definition) is 0. The Kier molecular flexibility index (Phi) is 7.99. The van der Waals surface area contributed by atoms with Crippen LogP contribution >= 0.6 is 0 Å². The van der Waals surface area contributed by atoms with Gasteiger partial charge in [-0.05, 0) is 47.7 Å². The van der Waals surface area contributed by atoms with Gasteiger partial charge in [0.2, 0.25) is 0 Å². The summed E-state index contributed by atoms with van der Waals surface area (Å²) in [5.74, 6) is 0.136. The Morgan fingerprint density at radius 2 is 1.65 bits per heavy atom. The van der Waals surface area contributed by atoms with E-state index in [-0.39, 0.29) is 6.10 Å². The summed E-state index contributed by atoms with van der Waals surface area (Å²) in [6.45, 7) is 4.21. The summed E-state index contributed by atoms with van der Waals surface area (Å²) >= 11 is 0. The van der Waals surface area contributed by atoms with Crippen LogP contribution in [0.3, 0.4) is 0 Å². The maximum absolute atomic E-state index is 6.49. The van der Waals surface area contributed by atoms with Crippen LogP contribution in [0.15, 0.2) is 91.5 Å². The van der Waals surface area contributed by atoms with Gasteiger partial charge in [0.25, 0.3) is 0 Å². The number of nitrogens with zero attached hydrogens (tertiary/aromatic N) is 2. The smallest absolute Gasteiger partial charge is 0.187 e. The Labute approximate surface area is 218 Å². The molecule has 1 fully saturated rings. The predicted octanol–water partition coefficient (Wildman–Crippen LogP) is 5.83. The number of hydrogen-bond acceptors (Lipinski definition) is 5. The Balaban J connectivity index is 1.15. The minimum atomic E-state index is -0.718. The fraction of sp³-hybridized carbons (Fsp3) is 0.323. The van der Waals surface area contributed by atoms with Gasteiger partial charge in [0.05, 0.1) is 39.8 Å². The first-order chi connectivity index (χ1) is 18.1.